The molecule has 1 unspecified atom stereocenters. The Hall–Kier alpha value is -5.09. The van der Waals surface area contributed by atoms with Crippen LogP contribution >= 0.6 is 0 Å². The van der Waals surface area contributed by atoms with E-state index in [9.17, 15) is 9.59 Å². The summed E-state index contributed by atoms with van der Waals surface area (Å²) in [4.78, 5) is 30.5. The number of ether oxygens (including phenoxy) is 5. The van der Waals surface area contributed by atoms with Crippen LogP contribution in [0.25, 0.3) is 0 Å². The summed E-state index contributed by atoms with van der Waals surface area (Å²) in [5.41, 5.74) is 2.04. The van der Waals surface area contributed by atoms with Crippen LogP contribution in [-0.2, 0) is 19.0 Å². The number of carbonyl (C=O) groups excluding carboxylic acids is 1. The molecule has 2 aromatic carbocycles. The smallest absolute Gasteiger partial charge is 0.303 e. The summed E-state index contributed by atoms with van der Waals surface area (Å²) in [6.45, 7) is 6.09. The van der Waals surface area contributed by atoms with Crippen molar-refractivity contribution in [3.63, 3.8) is 0 Å². The molecule has 60 heavy (non-hydrogen) atoms. The number of rotatable bonds is 26. The first-order valence-electron chi connectivity index (χ1n) is 21.3. The summed E-state index contributed by atoms with van der Waals surface area (Å²) in [7, 11) is 2.06. The Bertz CT molecular complexity index is 1810. The van der Waals surface area contributed by atoms with Crippen LogP contribution in [-0.4, -0.2) is 117 Å². The number of benzene rings is 2. The Morgan fingerprint density at radius 2 is 1.50 bits per heavy atom. The lowest BCUT2D eigenvalue weighted by molar-refractivity contribution is -0.137. The van der Waals surface area contributed by atoms with E-state index >= 15 is 0 Å². The second-order valence-electron chi connectivity index (χ2n) is 15.4. The highest BCUT2D eigenvalue weighted by Crippen LogP contribution is 2.35. The van der Waals surface area contributed by atoms with E-state index in [1.54, 1.807) is 30.6 Å². The second-order valence-corrected chi connectivity index (χ2v) is 15.4. The van der Waals surface area contributed by atoms with Crippen molar-refractivity contribution in [3.8, 4) is 11.5 Å². The summed E-state index contributed by atoms with van der Waals surface area (Å²) < 4.78 is 28.8. The fourth-order valence-corrected chi connectivity index (χ4v) is 7.19. The first-order chi connectivity index (χ1) is 29.2. The highest BCUT2D eigenvalue weighted by Gasteiger charge is 2.39. The highest BCUT2D eigenvalue weighted by atomic mass is 16.5. The predicted octanol–water partition coefficient (Wildman–Crippen LogP) is 6.44. The molecule has 6 N–H and O–H groups in total. The van der Waals surface area contributed by atoms with Gasteiger partial charge in [-0.15, -0.1) is 0 Å². The average molecular weight is 830 g/mol. The number of nitrogens with one attached hydrogen (secondary N) is 5. The lowest BCUT2D eigenvalue weighted by Gasteiger charge is -2.42. The number of piperidine rings is 1. The van der Waals surface area contributed by atoms with Crippen molar-refractivity contribution in [3.05, 3.63) is 83.7 Å². The topological polar surface area (TPSA) is 200 Å². The van der Waals surface area contributed by atoms with Crippen molar-refractivity contribution in [2.45, 2.75) is 82.2 Å². The monoisotopic (exact) mass is 829 g/mol. The third-order valence-corrected chi connectivity index (χ3v) is 10.7. The number of hydrogen-bond acceptors (Lipinski definition) is 12. The van der Waals surface area contributed by atoms with Crippen LogP contribution in [0.4, 0.5) is 5.69 Å². The molecular formula is C45H63N7O8. The molecule has 0 bridgehead atoms. The molecule has 15 heteroatoms. The van der Waals surface area contributed by atoms with Gasteiger partial charge in [0.2, 0.25) is 0 Å². The average Bonchev–Trinajstić information content (AvgIpc) is 3.25. The van der Waals surface area contributed by atoms with Gasteiger partial charge in [0.15, 0.2) is 0 Å². The number of fused-ring (bicyclic) bond motifs is 1. The van der Waals surface area contributed by atoms with Gasteiger partial charge in [0, 0.05) is 73.9 Å². The molecule has 0 radical (unpaired) electrons. The Morgan fingerprint density at radius 1 is 0.833 bits per heavy atom. The molecule has 3 heterocycles. The minimum Gasteiger partial charge on any atom is -0.494 e. The molecular weight excluding hydrogens is 767 g/mol. The lowest BCUT2D eigenvalue weighted by Crippen LogP contribution is -2.58. The molecule has 1 fully saturated rings. The van der Waals surface area contributed by atoms with E-state index < -0.39 is 11.5 Å². The van der Waals surface area contributed by atoms with E-state index in [-0.39, 0.29) is 30.0 Å². The van der Waals surface area contributed by atoms with E-state index in [4.69, 9.17) is 39.6 Å². The molecule has 2 aliphatic heterocycles. The van der Waals surface area contributed by atoms with E-state index in [1.807, 2.05) is 36.4 Å². The SMILES string of the molecule is CN1CCC(Nc2cccc(C(=O)NC3CCOc4ccc(OCCCCCCOCCOCCOCCCCCC(=O)O)cc43)c2)(C(=N)NC(=N)c2ccncc2)CC1. The van der Waals surface area contributed by atoms with E-state index in [0.29, 0.717) is 89.7 Å². The first-order valence-corrected chi connectivity index (χ1v) is 21.3. The van der Waals surface area contributed by atoms with Crippen LogP contribution in [0.3, 0.4) is 0 Å². The lowest BCUT2D eigenvalue weighted by atomic mass is 9.85. The van der Waals surface area contributed by atoms with Crippen LogP contribution in [0.15, 0.2) is 67.0 Å². The number of likely N-dealkylation sites (tertiary alicyclic amines) is 1. The minimum absolute atomic E-state index is 0.137. The summed E-state index contributed by atoms with van der Waals surface area (Å²) in [6, 6.07) is 16.4. The summed E-state index contributed by atoms with van der Waals surface area (Å²) in [5, 5.41) is 36.2. The van der Waals surface area contributed by atoms with Crippen molar-refractivity contribution in [1.29, 1.82) is 10.8 Å². The number of anilines is 1. The number of aliphatic carboxylic acids is 1. The zero-order valence-electron chi connectivity index (χ0n) is 35.0. The van der Waals surface area contributed by atoms with Gasteiger partial charge in [0.1, 0.15) is 23.2 Å². The molecule has 0 aliphatic carbocycles. The van der Waals surface area contributed by atoms with Crippen molar-refractivity contribution in [2.75, 3.05) is 78.3 Å². The van der Waals surface area contributed by atoms with Gasteiger partial charge in [-0.3, -0.25) is 25.4 Å². The van der Waals surface area contributed by atoms with Crippen LogP contribution in [0.1, 0.15) is 98.2 Å². The van der Waals surface area contributed by atoms with Crippen molar-refractivity contribution in [1.82, 2.24) is 20.5 Å². The van der Waals surface area contributed by atoms with Crippen molar-refractivity contribution in [2.24, 2.45) is 0 Å². The number of pyridine rings is 1. The van der Waals surface area contributed by atoms with Crippen LogP contribution in [0.5, 0.6) is 11.5 Å². The predicted molar refractivity (Wildman–Crippen MR) is 231 cm³/mol. The van der Waals surface area contributed by atoms with Crippen molar-refractivity contribution < 1.29 is 38.4 Å². The molecule has 0 spiro atoms. The normalized spacial score (nSPS) is 15.9. The molecule has 15 nitrogen and oxygen atoms in total. The number of carboxylic acids is 1. The molecule has 1 amide bonds. The Balaban J connectivity index is 1.01. The fraction of sp³-hybridized carbons (Fsp3) is 0.533. The minimum atomic E-state index is -0.751. The van der Waals surface area contributed by atoms with Gasteiger partial charge in [0.05, 0.1) is 51.2 Å². The molecule has 326 valence electrons. The molecule has 1 atom stereocenters. The van der Waals surface area contributed by atoms with Gasteiger partial charge in [-0.1, -0.05) is 18.9 Å². The standard InChI is InChI=1S/C45H63N7O8/c1-52-22-18-45(19-23-52,44(47)50-42(46)34-15-20-48-21-16-34)51-36-11-9-10-35(32-36)43(55)49-39-17-27-60-40-14-13-37(33-38(39)40)59-26-8-3-2-6-24-56-28-30-58-31-29-57-25-7-4-5-12-41(53)54/h9-11,13-16,20-21,32-33,39,51H,2-8,12,17-19,22-31H2,1H3,(H,49,55)(H,53,54)(H3,46,47,50). The van der Waals surface area contributed by atoms with Crippen LogP contribution in [0, 0.1) is 10.8 Å². The number of hydrogen-bond donors (Lipinski definition) is 6. The number of amidine groups is 2. The van der Waals surface area contributed by atoms with Gasteiger partial charge in [0.25, 0.3) is 5.91 Å². The van der Waals surface area contributed by atoms with Gasteiger partial charge in [-0.25, -0.2) is 0 Å². The maximum atomic E-state index is 13.7. The second kappa shape index (κ2) is 24.9. The Morgan fingerprint density at radius 3 is 2.20 bits per heavy atom. The summed E-state index contributed by atoms with van der Waals surface area (Å²) >= 11 is 0. The van der Waals surface area contributed by atoms with E-state index in [0.717, 1.165) is 74.4 Å². The maximum Gasteiger partial charge on any atom is 0.303 e. The largest absolute Gasteiger partial charge is 0.494 e. The number of carbonyl (C=O) groups is 2. The van der Waals surface area contributed by atoms with E-state index in [1.165, 1.54) is 0 Å². The quantitative estimate of drug-likeness (QED) is 0.0295. The zero-order valence-corrected chi connectivity index (χ0v) is 35.0. The highest BCUT2D eigenvalue weighted by molar-refractivity contribution is 6.10. The van der Waals surface area contributed by atoms with Crippen molar-refractivity contribution >= 4 is 29.2 Å². The number of amides is 1. The molecule has 3 aromatic rings. The van der Waals surface area contributed by atoms with Crippen LogP contribution < -0.4 is 25.4 Å². The summed E-state index contributed by atoms with van der Waals surface area (Å²) in [6.07, 6.45) is 11.8. The number of aromatic nitrogens is 1. The third kappa shape index (κ3) is 15.2. The van der Waals surface area contributed by atoms with Gasteiger partial charge < -0.3 is 49.6 Å². The van der Waals surface area contributed by atoms with E-state index in [2.05, 4.69) is 32.9 Å². The first kappa shape index (κ1) is 46.0. The van der Waals surface area contributed by atoms with Gasteiger partial charge in [-0.2, -0.15) is 0 Å². The number of carboxylic acid groups (broad SMARTS) is 1. The van der Waals surface area contributed by atoms with Gasteiger partial charge >= 0.3 is 5.97 Å². The molecule has 1 aromatic heterocycles. The maximum absolute atomic E-state index is 13.7. The zero-order chi connectivity index (χ0) is 42.4. The van der Waals surface area contributed by atoms with Crippen LogP contribution in [0.2, 0.25) is 0 Å². The molecule has 2 aliphatic rings. The number of nitrogens with zero attached hydrogens (tertiary/aromatic N) is 2. The Kier molecular flexibility index (Phi) is 19.1. The fourth-order valence-electron chi connectivity index (χ4n) is 7.19. The molecule has 1 saturated heterocycles. The number of unbranched alkanes of at least 4 members (excludes halogenated alkanes) is 5. The molecule has 0 saturated carbocycles. The Labute approximate surface area is 353 Å². The molecule has 5 rings (SSSR count). The van der Waals surface area contributed by atoms with Gasteiger partial charge in [-0.05, 0) is 101 Å². The summed E-state index contributed by atoms with van der Waals surface area (Å²) in [5.74, 6) is 0.880. The third-order valence-electron chi connectivity index (χ3n) is 10.7.